The van der Waals surface area contributed by atoms with E-state index in [0.29, 0.717) is 11.6 Å². The molecule has 1 amide bonds. The minimum Gasteiger partial charge on any atom is -0.293 e. The first-order valence-electron chi connectivity index (χ1n) is 4.38. The van der Waals surface area contributed by atoms with Gasteiger partial charge in [0.1, 0.15) is 0 Å². The lowest BCUT2D eigenvalue weighted by atomic mass is 10.3. The van der Waals surface area contributed by atoms with E-state index >= 15 is 0 Å². The average molecular weight is 231 g/mol. The van der Waals surface area contributed by atoms with Crippen LogP contribution in [0.3, 0.4) is 0 Å². The fraction of sp³-hybridized carbons (Fsp3) is 0.571. The lowest BCUT2D eigenvalue weighted by molar-refractivity contribution is -0.120. The molecule has 0 bridgehead atoms. The van der Waals surface area contributed by atoms with E-state index in [1.807, 2.05) is 6.92 Å². The van der Waals surface area contributed by atoms with Gasteiger partial charge in [0.2, 0.25) is 5.91 Å². The topological polar surface area (TPSA) is 106 Å². The third-order valence-corrected chi connectivity index (χ3v) is 3.30. The quantitative estimate of drug-likeness (QED) is 0.266. The second-order valence-electron chi connectivity index (χ2n) is 2.89. The van der Waals surface area contributed by atoms with E-state index in [4.69, 9.17) is 5.84 Å². The summed E-state index contributed by atoms with van der Waals surface area (Å²) in [6.45, 7) is 1.86. The third-order valence-electron chi connectivity index (χ3n) is 1.89. The molecule has 8 heteroatoms. The largest absolute Gasteiger partial charge is 0.343 e. The van der Waals surface area contributed by atoms with Gasteiger partial charge in [-0.25, -0.2) is 15.7 Å². The Morgan fingerprint density at radius 3 is 2.87 bits per heavy atom. The van der Waals surface area contributed by atoms with E-state index in [1.165, 1.54) is 16.3 Å². The molecule has 0 aliphatic heterocycles. The minimum atomic E-state index is -0.344. The summed E-state index contributed by atoms with van der Waals surface area (Å²) in [4.78, 5) is 22.3. The Labute approximate surface area is 90.4 Å². The zero-order valence-corrected chi connectivity index (χ0v) is 9.30. The lowest BCUT2D eigenvalue weighted by Crippen LogP contribution is -2.37. The number of carbonyl (C=O) groups is 1. The molecule has 0 aliphatic carbocycles. The Hall–Kier alpha value is -1.28. The van der Waals surface area contributed by atoms with Crippen molar-refractivity contribution < 1.29 is 4.79 Å². The predicted octanol–water partition coefficient (Wildman–Crippen LogP) is -1.03. The molecule has 1 aromatic heterocycles. The highest BCUT2D eigenvalue weighted by molar-refractivity contribution is 8.00. The molecule has 0 saturated heterocycles. The van der Waals surface area contributed by atoms with Crippen LogP contribution in [0, 0.1) is 0 Å². The summed E-state index contributed by atoms with van der Waals surface area (Å²) in [5.41, 5.74) is 1.77. The zero-order chi connectivity index (χ0) is 11.4. The number of aromatic nitrogens is 3. The number of nitrogens with two attached hydrogens (primary N) is 1. The first-order valence-corrected chi connectivity index (χ1v) is 5.26. The molecular weight excluding hydrogens is 218 g/mol. The summed E-state index contributed by atoms with van der Waals surface area (Å²) in [5.74, 6) is 4.76. The second-order valence-corrected chi connectivity index (χ2v) is 4.06. The molecule has 4 N–H and O–H groups in total. The van der Waals surface area contributed by atoms with Crippen LogP contribution in [-0.4, -0.2) is 25.9 Å². The van der Waals surface area contributed by atoms with Crippen molar-refractivity contribution in [1.82, 2.24) is 20.2 Å². The monoisotopic (exact) mass is 231 g/mol. The molecule has 0 fully saturated rings. The highest BCUT2D eigenvalue weighted by Gasteiger charge is 2.19. The predicted molar refractivity (Wildman–Crippen MR) is 56.1 cm³/mol. The van der Waals surface area contributed by atoms with Gasteiger partial charge < -0.3 is 0 Å². The van der Waals surface area contributed by atoms with Gasteiger partial charge in [-0.1, -0.05) is 18.7 Å². The van der Waals surface area contributed by atoms with Gasteiger partial charge in [0.05, 0.1) is 5.25 Å². The van der Waals surface area contributed by atoms with Crippen molar-refractivity contribution in [3.05, 3.63) is 10.5 Å². The molecule has 0 radical (unpaired) electrons. The standard InChI is InChI=1S/C7H13N5O2S/c1-3-4(5(13)9-8)15-7-11-10-6(14)12(7)2/h4H,3,8H2,1-2H3,(H,9,13)(H,10,14). The lowest BCUT2D eigenvalue weighted by Gasteiger charge is -2.10. The molecule has 15 heavy (non-hydrogen) atoms. The average Bonchev–Trinajstić information content (AvgIpc) is 2.56. The Bertz CT molecular complexity index is 398. The van der Waals surface area contributed by atoms with Crippen molar-refractivity contribution in [2.75, 3.05) is 0 Å². The summed E-state index contributed by atoms with van der Waals surface area (Å²) >= 11 is 1.20. The number of hydrogen-bond donors (Lipinski definition) is 3. The van der Waals surface area contributed by atoms with Crippen molar-refractivity contribution in [2.24, 2.45) is 12.9 Å². The Balaban J connectivity index is 2.79. The zero-order valence-electron chi connectivity index (χ0n) is 8.48. The van der Waals surface area contributed by atoms with Crippen LogP contribution in [-0.2, 0) is 11.8 Å². The van der Waals surface area contributed by atoms with Crippen LogP contribution < -0.4 is 17.0 Å². The number of nitrogens with one attached hydrogen (secondary N) is 2. The normalized spacial score (nSPS) is 12.5. The first-order chi connectivity index (χ1) is 7.10. The van der Waals surface area contributed by atoms with Crippen molar-refractivity contribution in [3.8, 4) is 0 Å². The molecule has 1 aromatic rings. The second kappa shape index (κ2) is 4.99. The summed E-state index contributed by atoms with van der Waals surface area (Å²) in [6, 6.07) is 0. The fourth-order valence-corrected chi connectivity index (χ4v) is 1.92. The smallest absolute Gasteiger partial charge is 0.293 e. The molecule has 1 rings (SSSR count). The molecule has 1 unspecified atom stereocenters. The van der Waals surface area contributed by atoms with E-state index in [0.717, 1.165) is 0 Å². The van der Waals surface area contributed by atoms with Crippen molar-refractivity contribution in [1.29, 1.82) is 0 Å². The maximum Gasteiger partial charge on any atom is 0.343 e. The molecule has 1 heterocycles. The van der Waals surface area contributed by atoms with Crippen LogP contribution in [0.25, 0.3) is 0 Å². The Kier molecular flexibility index (Phi) is 3.92. The van der Waals surface area contributed by atoms with Crippen molar-refractivity contribution in [3.63, 3.8) is 0 Å². The van der Waals surface area contributed by atoms with E-state index < -0.39 is 0 Å². The van der Waals surface area contributed by atoms with Gasteiger partial charge in [-0.05, 0) is 6.42 Å². The van der Waals surface area contributed by atoms with Crippen LogP contribution in [0.1, 0.15) is 13.3 Å². The van der Waals surface area contributed by atoms with Crippen LogP contribution in [0.4, 0.5) is 0 Å². The van der Waals surface area contributed by atoms with Crippen LogP contribution >= 0.6 is 11.8 Å². The van der Waals surface area contributed by atoms with Crippen LogP contribution in [0.15, 0.2) is 9.95 Å². The van der Waals surface area contributed by atoms with E-state index in [-0.39, 0.29) is 16.8 Å². The molecule has 0 saturated carbocycles. The highest BCUT2D eigenvalue weighted by atomic mass is 32.2. The SMILES string of the molecule is CCC(Sc1n[nH]c(=O)n1C)C(=O)NN. The number of aromatic amines is 1. The highest BCUT2D eigenvalue weighted by Crippen LogP contribution is 2.21. The summed E-state index contributed by atoms with van der Waals surface area (Å²) in [7, 11) is 1.58. The molecular formula is C7H13N5O2S. The van der Waals surface area contributed by atoms with Gasteiger partial charge >= 0.3 is 5.69 Å². The summed E-state index contributed by atoms with van der Waals surface area (Å²) < 4.78 is 1.34. The molecule has 84 valence electrons. The first kappa shape index (κ1) is 11.8. The number of nitrogens with zero attached hydrogens (tertiary/aromatic N) is 2. The number of rotatable bonds is 4. The number of hydrogen-bond acceptors (Lipinski definition) is 5. The number of carbonyl (C=O) groups excluding carboxylic acids is 1. The summed E-state index contributed by atoms with van der Waals surface area (Å²) in [5, 5.41) is 6.21. The van der Waals surface area contributed by atoms with Gasteiger partial charge in [-0.2, -0.15) is 0 Å². The molecule has 0 spiro atoms. The van der Waals surface area contributed by atoms with Gasteiger partial charge in [0, 0.05) is 7.05 Å². The molecule has 0 aromatic carbocycles. The number of H-pyrrole nitrogens is 1. The third kappa shape index (κ3) is 2.60. The van der Waals surface area contributed by atoms with Gasteiger partial charge in [-0.3, -0.25) is 14.8 Å². The molecule has 7 nitrogen and oxygen atoms in total. The maximum absolute atomic E-state index is 11.3. The van der Waals surface area contributed by atoms with Crippen LogP contribution in [0.5, 0.6) is 0 Å². The van der Waals surface area contributed by atoms with Crippen molar-refractivity contribution in [2.45, 2.75) is 23.8 Å². The number of hydrazine groups is 1. The Morgan fingerprint density at radius 2 is 2.47 bits per heavy atom. The minimum absolute atomic E-state index is 0.280. The summed E-state index contributed by atoms with van der Waals surface area (Å²) in [6.07, 6.45) is 0.606. The van der Waals surface area contributed by atoms with E-state index in [9.17, 15) is 9.59 Å². The fourth-order valence-electron chi connectivity index (χ4n) is 0.980. The Morgan fingerprint density at radius 1 is 1.80 bits per heavy atom. The molecule has 1 atom stereocenters. The number of amides is 1. The van der Waals surface area contributed by atoms with Crippen LogP contribution in [0.2, 0.25) is 0 Å². The van der Waals surface area contributed by atoms with E-state index in [2.05, 4.69) is 15.6 Å². The van der Waals surface area contributed by atoms with E-state index in [1.54, 1.807) is 7.05 Å². The van der Waals surface area contributed by atoms with Crippen molar-refractivity contribution >= 4 is 17.7 Å². The van der Waals surface area contributed by atoms with Gasteiger partial charge in [0.25, 0.3) is 0 Å². The molecule has 0 aliphatic rings. The van der Waals surface area contributed by atoms with Gasteiger partial charge in [0.15, 0.2) is 5.16 Å². The number of thioether (sulfide) groups is 1. The maximum atomic E-state index is 11.3. The van der Waals surface area contributed by atoms with Gasteiger partial charge in [-0.15, -0.1) is 5.10 Å².